The summed E-state index contributed by atoms with van der Waals surface area (Å²) in [6.07, 6.45) is 0.769. The highest BCUT2D eigenvalue weighted by molar-refractivity contribution is 5.74. The molecular weight excluding hydrogens is 322 g/mol. The van der Waals surface area contributed by atoms with E-state index >= 15 is 0 Å². The molecule has 1 aromatic carbocycles. The third kappa shape index (κ3) is 5.72. The number of benzene rings is 1. The number of halogens is 2. The number of carbonyl (C=O) groups excluding carboxylic acids is 1. The van der Waals surface area contributed by atoms with Crippen LogP contribution in [0.1, 0.15) is 38.4 Å². The number of rotatable bonds is 8. The van der Waals surface area contributed by atoms with Crippen molar-refractivity contribution in [1.29, 1.82) is 0 Å². The summed E-state index contributed by atoms with van der Waals surface area (Å²) >= 11 is 0. The van der Waals surface area contributed by atoms with Gasteiger partial charge in [-0.25, -0.2) is 4.79 Å². The topological polar surface area (TPSA) is 54.0 Å². The Bertz CT molecular complexity index is 514. The number of hydrogen-bond donors (Lipinski definition) is 0. The fraction of sp³-hybridized carbons (Fsp3) is 0.588. The lowest BCUT2D eigenvalue weighted by Crippen LogP contribution is -2.28. The highest BCUT2D eigenvalue weighted by Gasteiger charge is 2.22. The first-order valence-corrected chi connectivity index (χ1v) is 7.94. The highest BCUT2D eigenvalue weighted by atomic mass is 19.3. The van der Waals surface area contributed by atoms with Gasteiger partial charge in [-0.1, -0.05) is 12.1 Å². The summed E-state index contributed by atoms with van der Waals surface area (Å²) in [6.45, 7) is 1.56. The largest absolute Gasteiger partial charge is 0.456 e. The Labute approximate surface area is 139 Å². The smallest absolute Gasteiger partial charge is 0.387 e. The SMILES string of the molecule is CC(OCC1CCCO1)C(=O)OC(C)c1ccc(OC(F)F)cc1. The monoisotopic (exact) mass is 344 g/mol. The fourth-order valence-corrected chi connectivity index (χ4v) is 2.35. The predicted molar refractivity (Wildman–Crippen MR) is 82.0 cm³/mol. The molecule has 7 heteroatoms. The van der Waals surface area contributed by atoms with Gasteiger partial charge in [0.05, 0.1) is 12.7 Å². The van der Waals surface area contributed by atoms with Crippen LogP contribution in [0.25, 0.3) is 0 Å². The molecule has 1 aromatic rings. The zero-order valence-electron chi connectivity index (χ0n) is 13.7. The van der Waals surface area contributed by atoms with Crippen LogP contribution < -0.4 is 4.74 Å². The van der Waals surface area contributed by atoms with Gasteiger partial charge >= 0.3 is 12.6 Å². The molecule has 1 heterocycles. The van der Waals surface area contributed by atoms with E-state index in [-0.39, 0.29) is 11.9 Å². The van der Waals surface area contributed by atoms with Gasteiger partial charge in [-0.15, -0.1) is 0 Å². The molecule has 0 saturated carbocycles. The summed E-state index contributed by atoms with van der Waals surface area (Å²) in [5.41, 5.74) is 0.677. The van der Waals surface area contributed by atoms with E-state index in [9.17, 15) is 13.6 Å². The molecule has 0 aliphatic carbocycles. The van der Waals surface area contributed by atoms with Gasteiger partial charge in [-0.2, -0.15) is 8.78 Å². The van der Waals surface area contributed by atoms with Crippen LogP contribution in [0.2, 0.25) is 0 Å². The minimum Gasteiger partial charge on any atom is -0.456 e. The summed E-state index contributed by atoms with van der Waals surface area (Å²) in [7, 11) is 0. The zero-order valence-corrected chi connectivity index (χ0v) is 13.7. The first-order chi connectivity index (χ1) is 11.5. The van der Waals surface area contributed by atoms with E-state index in [1.54, 1.807) is 26.0 Å². The lowest BCUT2D eigenvalue weighted by atomic mass is 10.1. The summed E-state index contributed by atoms with van der Waals surface area (Å²) in [6, 6.07) is 5.97. The van der Waals surface area contributed by atoms with Crippen LogP contribution in [0, 0.1) is 0 Å². The number of alkyl halides is 2. The molecule has 0 aromatic heterocycles. The Hall–Kier alpha value is -1.73. The molecule has 1 fully saturated rings. The molecule has 1 aliphatic rings. The van der Waals surface area contributed by atoms with Gasteiger partial charge < -0.3 is 18.9 Å². The molecule has 0 N–H and O–H groups in total. The number of carbonyl (C=O) groups is 1. The minimum atomic E-state index is -2.87. The fourth-order valence-electron chi connectivity index (χ4n) is 2.35. The maximum atomic E-state index is 12.1. The maximum absolute atomic E-state index is 12.1. The molecule has 0 amide bonds. The second kappa shape index (κ2) is 8.94. The molecule has 0 spiro atoms. The number of ether oxygens (including phenoxy) is 4. The first kappa shape index (κ1) is 18.6. The van der Waals surface area contributed by atoms with E-state index in [4.69, 9.17) is 14.2 Å². The first-order valence-electron chi connectivity index (χ1n) is 7.94. The summed E-state index contributed by atoms with van der Waals surface area (Å²) < 4.78 is 44.8. The van der Waals surface area contributed by atoms with E-state index in [0.29, 0.717) is 12.2 Å². The Morgan fingerprint density at radius 1 is 1.29 bits per heavy atom. The van der Waals surface area contributed by atoms with Crippen molar-refractivity contribution >= 4 is 5.97 Å². The van der Waals surface area contributed by atoms with Crippen LogP contribution in [0.3, 0.4) is 0 Å². The van der Waals surface area contributed by atoms with Crippen molar-refractivity contribution in [1.82, 2.24) is 0 Å². The van der Waals surface area contributed by atoms with Crippen molar-refractivity contribution in [3.63, 3.8) is 0 Å². The van der Waals surface area contributed by atoms with E-state index < -0.39 is 24.8 Å². The van der Waals surface area contributed by atoms with Crippen molar-refractivity contribution in [2.75, 3.05) is 13.2 Å². The standard InChI is InChI=1S/C17H22F2O5/c1-11(13-5-7-14(8-6-13)24-17(18)19)23-16(20)12(2)22-10-15-4-3-9-21-15/h5-8,11-12,15,17H,3-4,9-10H2,1-2H3. The van der Waals surface area contributed by atoms with Gasteiger partial charge in [0.25, 0.3) is 0 Å². The van der Waals surface area contributed by atoms with Crippen LogP contribution in [-0.2, 0) is 19.0 Å². The third-order valence-electron chi connectivity index (χ3n) is 3.76. The summed E-state index contributed by atoms with van der Waals surface area (Å²) in [4.78, 5) is 12.0. The summed E-state index contributed by atoms with van der Waals surface area (Å²) in [5, 5.41) is 0. The molecule has 5 nitrogen and oxygen atoms in total. The van der Waals surface area contributed by atoms with Gasteiger partial charge in [0.2, 0.25) is 0 Å². The second-order valence-corrected chi connectivity index (χ2v) is 5.64. The molecule has 0 radical (unpaired) electrons. The van der Waals surface area contributed by atoms with Gasteiger partial charge in [0.1, 0.15) is 11.9 Å². The van der Waals surface area contributed by atoms with E-state index in [0.717, 1.165) is 19.4 Å². The van der Waals surface area contributed by atoms with E-state index in [2.05, 4.69) is 4.74 Å². The van der Waals surface area contributed by atoms with Crippen LogP contribution >= 0.6 is 0 Å². The normalized spacial score (nSPS) is 20.0. The number of esters is 1. The zero-order chi connectivity index (χ0) is 17.5. The van der Waals surface area contributed by atoms with Crippen LogP contribution in [-0.4, -0.2) is 38.0 Å². The Balaban J connectivity index is 1.79. The molecule has 1 aliphatic heterocycles. The van der Waals surface area contributed by atoms with Crippen molar-refractivity contribution in [2.24, 2.45) is 0 Å². The van der Waals surface area contributed by atoms with Gasteiger partial charge in [0, 0.05) is 6.61 Å². The van der Waals surface area contributed by atoms with Gasteiger partial charge in [-0.3, -0.25) is 0 Å². The Kier molecular flexibility index (Phi) is 6.93. The average Bonchev–Trinajstić information content (AvgIpc) is 3.06. The van der Waals surface area contributed by atoms with Gasteiger partial charge in [0.15, 0.2) is 6.10 Å². The van der Waals surface area contributed by atoms with Crippen molar-refractivity contribution < 1.29 is 32.5 Å². The Morgan fingerprint density at radius 3 is 2.58 bits per heavy atom. The predicted octanol–water partition coefficient (Wildman–Crippen LogP) is 3.48. The van der Waals surface area contributed by atoms with E-state index in [1.165, 1.54) is 12.1 Å². The number of hydrogen-bond acceptors (Lipinski definition) is 5. The highest BCUT2D eigenvalue weighted by Crippen LogP contribution is 2.22. The molecule has 2 rings (SSSR count). The van der Waals surface area contributed by atoms with Crippen LogP contribution in [0.15, 0.2) is 24.3 Å². The van der Waals surface area contributed by atoms with Gasteiger partial charge in [-0.05, 0) is 44.4 Å². The van der Waals surface area contributed by atoms with Crippen molar-refractivity contribution in [2.45, 2.75) is 51.6 Å². The molecular formula is C17H22F2O5. The van der Waals surface area contributed by atoms with Crippen molar-refractivity contribution in [3.05, 3.63) is 29.8 Å². The summed E-state index contributed by atoms with van der Waals surface area (Å²) in [5.74, 6) is -0.422. The quantitative estimate of drug-likeness (QED) is 0.676. The third-order valence-corrected chi connectivity index (χ3v) is 3.76. The van der Waals surface area contributed by atoms with Crippen molar-refractivity contribution in [3.8, 4) is 5.75 Å². The van der Waals surface area contributed by atoms with Crippen LogP contribution in [0.4, 0.5) is 8.78 Å². The van der Waals surface area contributed by atoms with Crippen LogP contribution in [0.5, 0.6) is 5.75 Å². The minimum absolute atomic E-state index is 0.0417. The lowest BCUT2D eigenvalue weighted by Gasteiger charge is -2.19. The maximum Gasteiger partial charge on any atom is 0.387 e. The molecule has 3 unspecified atom stereocenters. The lowest BCUT2D eigenvalue weighted by molar-refractivity contribution is -0.162. The molecule has 0 bridgehead atoms. The molecule has 3 atom stereocenters. The molecule has 134 valence electrons. The molecule has 1 saturated heterocycles. The average molecular weight is 344 g/mol. The van der Waals surface area contributed by atoms with E-state index in [1.807, 2.05) is 0 Å². The second-order valence-electron chi connectivity index (χ2n) is 5.64. The Morgan fingerprint density at radius 2 is 2.00 bits per heavy atom. The molecule has 24 heavy (non-hydrogen) atoms.